The Hall–Kier alpha value is -1.64. The fourth-order valence-corrected chi connectivity index (χ4v) is 5.39. The maximum Gasteiger partial charge on any atom is 0.282 e. The van der Waals surface area contributed by atoms with Gasteiger partial charge in [-0.3, -0.25) is 4.79 Å². The van der Waals surface area contributed by atoms with E-state index in [0.717, 1.165) is 25.7 Å². The molecule has 8 heteroatoms. The van der Waals surface area contributed by atoms with Crippen molar-refractivity contribution >= 4 is 16.1 Å². The molecular formula is C21H33N3O4S. The van der Waals surface area contributed by atoms with Crippen LogP contribution >= 0.6 is 0 Å². The number of rotatable bonds is 6. The Balaban J connectivity index is 1.58. The third-order valence-electron chi connectivity index (χ3n) is 5.41. The van der Waals surface area contributed by atoms with Crippen molar-refractivity contribution in [2.45, 2.75) is 39.5 Å². The zero-order valence-corrected chi connectivity index (χ0v) is 18.4. The summed E-state index contributed by atoms with van der Waals surface area (Å²) in [6.07, 6.45) is 4.03. The van der Waals surface area contributed by atoms with Crippen LogP contribution in [0.2, 0.25) is 0 Å². The first-order chi connectivity index (χ1) is 13.9. The maximum absolute atomic E-state index is 12.9. The summed E-state index contributed by atoms with van der Waals surface area (Å²) in [4.78, 5) is 14.6. The van der Waals surface area contributed by atoms with Crippen LogP contribution in [0.3, 0.4) is 0 Å². The molecule has 0 aromatic heterocycles. The molecule has 0 aliphatic carbocycles. The summed E-state index contributed by atoms with van der Waals surface area (Å²) in [5.74, 6) is 1.02. The van der Waals surface area contributed by atoms with E-state index in [1.807, 2.05) is 12.1 Å². The van der Waals surface area contributed by atoms with Crippen molar-refractivity contribution in [3.63, 3.8) is 0 Å². The van der Waals surface area contributed by atoms with Gasteiger partial charge in [0.25, 0.3) is 16.1 Å². The van der Waals surface area contributed by atoms with Crippen LogP contribution in [0.25, 0.3) is 0 Å². The topological polar surface area (TPSA) is 70.2 Å². The molecular weight excluding hydrogens is 390 g/mol. The lowest BCUT2D eigenvalue weighted by atomic mass is 10.1. The highest BCUT2D eigenvalue weighted by atomic mass is 32.2. The average Bonchev–Trinajstić information content (AvgIpc) is 3.02. The SMILES string of the molecule is CC(C)COc1cccc(C(=O)N2CCN(S(=O)(=O)N3CCCCCC3)CC2)c1. The van der Waals surface area contributed by atoms with E-state index in [0.29, 0.717) is 63.1 Å². The molecule has 0 bridgehead atoms. The van der Waals surface area contributed by atoms with E-state index in [-0.39, 0.29) is 5.91 Å². The van der Waals surface area contributed by atoms with Crippen LogP contribution in [-0.4, -0.2) is 73.7 Å². The first kappa shape index (κ1) is 22.1. The van der Waals surface area contributed by atoms with Gasteiger partial charge in [0.1, 0.15) is 5.75 Å². The Morgan fingerprint density at radius 2 is 1.59 bits per heavy atom. The number of hydrogen-bond donors (Lipinski definition) is 0. The molecule has 7 nitrogen and oxygen atoms in total. The number of nitrogens with zero attached hydrogens (tertiary/aromatic N) is 3. The number of carbonyl (C=O) groups excluding carboxylic acids is 1. The van der Waals surface area contributed by atoms with E-state index in [2.05, 4.69) is 13.8 Å². The van der Waals surface area contributed by atoms with E-state index >= 15 is 0 Å². The van der Waals surface area contributed by atoms with Crippen molar-refractivity contribution in [1.82, 2.24) is 13.5 Å². The van der Waals surface area contributed by atoms with Gasteiger partial charge in [0.05, 0.1) is 6.61 Å². The predicted octanol–water partition coefficient (Wildman–Crippen LogP) is 2.60. The van der Waals surface area contributed by atoms with Gasteiger partial charge in [0.2, 0.25) is 0 Å². The summed E-state index contributed by atoms with van der Waals surface area (Å²) >= 11 is 0. The average molecular weight is 424 g/mol. The Morgan fingerprint density at radius 3 is 2.21 bits per heavy atom. The zero-order chi connectivity index (χ0) is 20.9. The predicted molar refractivity (Wildman–Crippen MR) is 113 cm³/mol. The van der Waals surface area contributed by atoms with E-state index in [1.54, 1.807) is 21.3 Å². The molecule has 2 fully saturated rings. The van der Waals surface area contributed by atoms with Crippen molar-refractivity contribution in [3.05, 3.63) is 29.8 Å². The smallest absolute Gasteiger partial charge is 0.282 e. The second kappa shape index (κ2) is 9.91. The van der Waals surface area contributed by atoms with Crippen LogP contribution in [0.5, 0.6) is 5.75 Å². The minimum Gasteiger partial charge on any atom is -0.493 e. The maximum atomic E-state index is 12.9. The van der Waals surface area contributed by atoms with Crippen LogP contribution in [0.1, 0.15) is 49.9 Å². The quantitative estimate of drug-likeness (QED) is 0.705. The highest BCUT2D eigenvalue weighted by Gasteiger charge is 2.33. The largest absolute Gasteiger partial charge is 0.493 e. The lowest BCUT2D eigenvalue weighted by Crippen LogP contribution is -2.54. The molecule has 0 radical (unpaired) electrons. The van der Waals surface area contributed by atoms with Gasteiger partial charge in [-0.15, -0.1) is 0 Å². The number of carbonyl (C=O) groups is 1. The Kier molecular flexibility index (Phi) is 7.54. The fourth-order valence-electron chi connectivity index (χ4n) is 3.72. The van der Waals surface area contributed by atoms with Crippen LogP contribution in [0.15, 0.2) is 24.3 Å². The molecule has 0 unspecified atom stereocenters. The number of piperazine rings is 1. The molecule has 3 rings (SSSR count). The Labute approximate surface area is 174 Å². The summed E-state index contributed by atoms with van der Waals surface area (Å²) in [6.45, 7) is 7.45. The Morgan fingerprint density at radius 1 is 0.966 bits per heavy atom. The van der Waals surface area contributed by atoms with E-state index < -0.39 is 10.2 Å². The van der Waals surface area contributed by atoms with Crippen molar-refractivity contribution < 1.29 is 17.9 Å². The molecule has 2 heterocycles. The van der Waals surface area contributed by atoms with Gasteiger partial charge in [-0.2, -0.15) is 17.0 Å². The summed E-state index contributed by atoms with van der Waals surface area (Å²) in [7, 11) is -3.44. The Bertz CT molecular complexity index is 781. The zero-order valence-electron chi connectivity index (χ0n) is 17.5. The molecule has 29 heavy (non-hydrogen) atoms. The van der Waals surface area contributed by atoms with E-state index in [4.69, 9.17) is 4.74 Å². The standard InChI is InChI=1S/C21H33N3O4S/c1-18(2)17-28-20-9-7-8-19(16-20)21(25)22-12-14-24(15-13-22)29(26,27)23-10-5-3-4-6-11-23/h7-9,16,18H,3-6,10-15,17H2,1-2H3. The molecule has 0 atom stereocenters. The van der Waals surface area contributed by atoms with Crippen LogP contribution in [-0.2, 0) is 10.2 Å². The monoisotopic (exact) mass is 423 g/mol. The number of ether oxygens (including phenoxy) is 1. The van der Waals surface area contributed by atoms with Crippen molar-refractivity contribution in [2.24, 2.45) is 5.92 Å². The van der Waals surface area contributed by atoms with Crippen molar-refractivity contribution in [3.8, 4) is 5.75 Å². The van der Waals surface area contributed by atoms with Gasteiger partial charge in [-0.25, -0.2) is 0 Å². The lowest BCUT2D eigenvalue weighted by molar-refractivity contribution is 0.0693. The molecule has 1 amide bonds. The molecule has 0 saturated carbocycles. The summed E-state index contributed by atoms with van der Waals surface area (Å²) < 4.78 is 34.8. The summed E-state index contributed by atoms with van der Waals surface area (Å²) in [5.41, 5.74) is 0.579. The normalized spacial score (nSPS) is 19.9. The summed E-state index contributed by atoms with van der Waals surface area (Å²) in [6, 6.07) is 7.23. The lowest BCUT2D eigenvalue weighted by Gasteiger charge is -2.36. The third-order valence-corrected chi connectivity index (χ3v) is 7.44. The minimum absolute atomic E-state index is 0.0770. The van der Waals surface area contributed by atoms with Gasteiger partial charge < -0.3 is 9.64 Å². The highest BCUT2D eigenvalue weighted by molar-refractivity contribution is 7.86. The molecule has 2 aliphatic heterocycles. The van der Waals surface area contributed by atoms with Crippen LogP contribution in [0.4, 0.5) is 0 Å². The molecule has 1 aromatic carbocycles. The van der Waals surface area contributed by atoms with Gasteiger partial charge in [0, 0.05) is 44.8 Å². The first-order valence-electron chi connectivity index (χ1n) is 10.7. The molecule has 2 saturated heterocycles. The molecule has 0 spiro atoms. The van der Waals surface area contributed by atoms with Gasteiger partial charge in [0.15, 0.2) is 0 Å². The third kappa shape index (κ3) is 5.71. The molecule has 2 aliphatic rings. The molecule has 1 aromatic rings. The molecule has 0 N–H and O–H groups in total. The van der Waals surface area contributed by atoms with E-state index in [9.17, 15) is 13.2 Å². The fraction of sp³-hybridized carbons (Fsp3) is 0.667. The number of amides is 1. The van der Waals surface area contributed by atoms with Crippen LogP contribution in [0, 0.1) is 5.92 Å². The van der Waals surface area contributed by atoms with Gasteiger partial charge in [-0.05, 0) is 37.0 Å². The number of benzene rings is 1. The van der Waals surface area contributed by atoms with Gasteiger partial charge in [-0.1, -0.05) is 32.8 Å². The second-order valence-electron chi connectivity index (χ2n) is 8.24. The summed E-state index contributed by atoms with van der Waals surface area (Å²) in [5, 5.41) is 0. The second-order valence-corrected chi connectivity index (χ2v) is 10.2. The van der Waals surface area contributed by atoms with Crippen molar-refractivity contribution in [1.29, 1.82) is 0 Å². The van der Waals surface area contributed by atoms with Crippen molar-refractivity contribution in [2.75, 3.05) is 45.9 Å². The van der Waals surface area contributed by atoms with Crippen LogP contribution < -0.4 is 4.74 Å². The molecule has 162 valence electrons. The number of hydrogen-bond acceptors (Lipinski definition) is 4. The first-order valence-corrected chi connectivity index (χ1v) is 12.0. The minimum atomic E-state index is -3.44. The van der Waals surface area contributed by atoms with Gasteiger partial charge >= 0.3 is 0 Å². The van der Waals surface area contributed by atoms with E-state index in [1.165, 1.54) is 4.31 Å². The highest BCUT2D eigenvalue weighted by Crippen LogP contribution is 2.20.